The molecule has 1 aromatic carbocycles. The molecule has 0 spiro atoms. The number of hydrogen-bond acceptors (Lipinski definition) is 2. The highest BCUT2D eigenvalue weighted by molar-refractivity contribution is 5.71. The van der Waals surface area contributed by atoms with E-state index in [-0.39, 0.29) is 11.8 Å². The van der Waals surface area contributed by atoms with Crippen molar-refractivity contribution < 1.29 is 9.90 Å². The van der Waals surface area contributed by atoms with Gasteiger partial charge in [-0.25, -0.2) is 0 Å². The van der Waals surface area contributed by atoms with Crippen LogP contribution in [0.25, 0.3) is 0 Å². The summed E-state index contributed by atoms with van der Waals surface area (Å²) in [6, 6.07) is 9.07. The van der Waals surface area contributed by atoms with Crippen molar-refractivity contribution in [2.24, 2.45) is 11.8 Å². The van der Waals surface area contributed by atoms with E-state index < -0.39 is 5.97 Å². The molecule has 1 aliphatic heterocycles. The van der Waals surface area contributed by atoms with Crippen LogP contribution in [0.1, 0.15) is 36.9 Å². The number of hydrogen-bond donors (Lipinski definition) is 1. The van der Waals surface area contributed by atoms with Crippen molar-refractivity contribution in [2.75, 3.05) is 13.1 Å². The van der Waals surface area contributed by atoms with Gasteiger partial charge in [0, 0.05) is 19.1 Å². The van der Waals surface area contributed by atoms with Crippen molar-refractivity contribution in [1.82, 2.24) is 4.90 Å². The maximum absolute atomic E-state index is 11.3. The number of rotatable bonds is 2. The summed E-state index contributed by atoms with van der Waals surface area (Å²) in [4.78, 5) is 13.6. The Hall–Kier alpha value is -1.35. The van der Waals surface area contributed by atoms with Gasteiger partial charge in [-0.05, 0) is 36.3 Å². The lowest BCUT2D eigenvalue weighted by Gasteiger charge is -2.33. The number of aliphatic carboxylic acids is 1. The zero-order valence-electron chi connectivity index (χ0n) is 11.4. The van der Waals surface area contributed by atoms with Crippen LogP contribution in [-0.2, 0) is 11.2 Å². The Balaban J connectivity index is 1.83. The zero-order valence-corrected chi connectivity index (χ0v) is 11.4. The SMILES string of the molecule is CC1CN(C2CCCc3ccccc32)CC1C(=O)O. The molecule has 3 rings (SSSR count). The highest BCUT2D eigenvalue weighted by Gasteiger charge is 2.38. The van der Waals surface area contributed by atoms with Gasteiger partial charge in [-0.2, -0.15) is 0 Å². The fraction of sp³-hybridized carbons (Fsp3) is 0.562. The predicted octanol–water partition coefficient (Wildman–Crippen LogP) is 2.72. The zero-order chi connectivity index (χ0) is 13.4. The van der Waals surface area contributed by atoms with E-state index in [1.54, 1.807) is 0 Å². The average Bonchev–Trinajstić information content (AvgIpc) is 2.80. The minimum atomic E-state index is -0.640. The van der Waals surface area contributed by atoms with Gasteiger partial charge in [-0.3, -0.25) is 9.69 Å². The minimum absolute atomic E-state index is 0.200. The van der Waals surface area contributed by atoms with Crippen LogP contribution in [0.5, 0.6) is 0 Å². The Kier molecular flexibility index (Phi) is 3.31. The fourth-order valence-corrected chi connectivity index (χ4v) is 3.69. The summed E-state index contributed by atoms with van der Waals surface area (Å²) in [7, 11) is 0. The van der Waals surface area contributed by atoms with Crippen molar-refractivity contribution in [3.8, 4) is 0 Å². The molecule has 1 fully saturated rings. The molecule has 19 heavy (non-hydrogen) atoms. The van der Waals surface area contributed by atoms with Crippen LogP contribution >= 0.6 is 0 Å². The van der Waals surface area contributed by atoms with Crippen LogP contribution in [-0.4, -0.2) is 29.1 Å². The minimum Gasteiger partial charge on any atom is -0.481 e. The van der Waals surface area contributed by atoms with E-state index in [4.69, 9.17) is 0 Å². The number of aryl methyl sites for hydroxylation is 1. The van der Waals surface area contributed by atoms with Gasteiger partial charge >= 0.3 is 5.97 Å². The summed E-state index contributed by atoms with van der Waals surface area (Å²) in [5.74, 6) is -0.584. The standard InChI is InChI=1S/C16H21NO2/c1-11-9-17(10-14(11)16(18)19)15-8-4-6-12-5-2-3-7-13(12)15/h2-3,5,7,11,14-15H,4,6,8-10H2,1H3,(H,18,19). The van der Waals surface area contributed by atoms with Crippen LogP contribution < -0.4 is 0 Å². The molecule has 1 heterocycles. The number of carbonyl (C=O) groups is 1. The molecular formula is C16H21NO2. The monoisotopic (exact) mass is 259 g/mol. The van der Waals surface area contributed by atoms with Crippen LogP contribution in [0.2, 0.25) is 0 Å². The lowest BCUT2D eigenvalue weighted by molar-refractivity contribution is -0.142. The van der Waals surface area contributed by atoms with E-state index in [1.165, 1.54) is 24.0 Å². The quantitative estimate of drug-likeness (QED) is 0.887. The fourth-order valence-electron chi connectivity index (χ4n) is 3.69. The first-order chi connectivity index (χ1) is 9.16. The normalized spacial score (nSPS) is 31.1. The first-order valence-corrected chi connectivity index (χ1v) is 7.21. The van der Waals surface area contributed by atoms with Crippen molar-refractivity contribution in [3.63, 3.8) is 0 Å². The number of carboxylic acids is 1. The third-order valence-corrected chi connectivity index (χ3v) is 4.74. The van der Waals surface area contributed by atoms with Crippen molar-refractivity contribution >= 4 is 5.97 Å². The summed E-state index contributed by atoms with van der Waals surface area (Å²) in [5, 5.41) is 9.27. The second kappa shape index (κ2) is 4.97. The maximum Gasteiger partial charge on any atom is 0.308 e. The highest BCUT2D eigenvalue weighted by atomic mass is 16.4. The molecule has 0 amide bonds. The number of likely N-dealkylation sites (tertiary alicyclic amines) is 1. The number of carboxylic acid groups (broad SMARTS) is 1. The number of fused-ring (bicyclic) bond motifs is 1. The van der Waals surface area contributed by atoms with E-state index >= 15 is 0 Å². The van der Waals surface area contributed by atoms with Gasteiger partial charge in [-0.15, -0.1) is 0 Å². The molecule has 3 atom stereocenters. The lowest BCUT2D eigenvalue weighted by atomic mass is 9.87. The smallest absolute Gasteiger partial charge is 0.308 e. The van der Waals surface area contributed by atoms with Gasteiger partial charge in [0.15, 0.2) is 0 Å². The molecule has 1 aromatic rings. The number of nitrogens with zero attached hydrogens (tertiary/aromatic N) is 1. The molecule has 1 N–H and O–H groups in total. The average molecular weight is 259 g/mol. The van der Waals surface area contributed by atoms with Crippen molar-refractivity contribution in [1.29, 1.82) is 0 Å². The Morgan fingerprint density at radius 2 is 2.11 bits per heavy atom. The second-order valence-corrected chi connectivity index (χ2v) is 5.98. The molecule has 3 nitrogen and oxygen atoms in total. The van der Waals surface area contributed by atoms with Crippen LogP contribution in [0, 0.1) is 11.8 Å². The Morgan fingerprint density at radius 1 is 1.32 bits per heavy atom. The summed E-state index contributed by atoms with van der Waals surface area (Å²) >= 11 is 0. The van der Waals surface area contributed by atoms with Gasteiger partial charge in [0.2, 0.25) is 0 Å². The largest absolute Gasteiger partial charge is 0.481 e. The molecular weight excluding hydrogens is 238 g/mol. The van der Waals surface area contributed by atoms with Crippen LogP contribution in [0.15, 0.2) is 24.3 Å². The molecule has 0 saturated carbocycles. The Morgan fingerprint density at radius 3 is 2.84 bits per heavy atom. The maximum atomic E-state index is 11.3. The summed E-state index contributed by atoms with van der Waals surface area (Å²) < 4.78 is 0. The van der Waals surface area contributed by atoms with Gasteiger partial charge < -0.3 is 5.11 Å². The molecule has 0 bridgehead atoms. The summed E-state index contributed by atoms with van der Waals surface area (Å²) in [5.41, 5.74) is 2.87. The third-order valence-electron chi connectivity index (χ3n) is 4.74. The van der Waals surface area contributed by atoms with Crippen LogP contribution in [0.3, 0.4) is 0 Å². The number of benzene rings is 1. The van der Waals surface area contributed by atoms with Crippen molar-refractivity contribution in [2.45, 2.75) is 32.2 Å². The molecule has 102 valence electrons. The van der Waals surface area contributed by atoms with Gasteiger partial charge in [-0.1, -0.05) is 31.2 Å². The highest BCUT2D eigenvalue weighted by Crippen LogP contribution is 2.38. The van der Waals surface area contributed by atoms with Crippen LogP contribution in [0.4, 0.5) is 0 Å². The van der Waals surface area contributed by atoms with E-state index in [1.807, 2.05) is 0 Å². The van der Waals surface area contributed by atoms with E-state index in [0.29, 0.717) is 12.6 Å². The summed E-state index contributed by atoms with van der Waals surface area (Å²) in [6.45, 7) is 3.68. The second-order valence-electron chi connectivity index (χ2n) is 5.98. The van der Waals surface area contributed by atoms with Gasteiger partial charge in [0.05, 0.1) is 5.92 Å². The van der Waals surface area contributed by atoms with E-state index in [9.17, 15) is 9.90 Å². The molecule has 0 radical (unpaired) electrons. The van der Waals surface area contributed by atoms with E-state index in [0.717, 1.165) is 13.0 Å². The Bertz CT molecular complexity index is 485. The molecule has 1 aliphatic carbocycles. The first-order valence-electron chi connectivity index (χ1n) is 7.21. The first kappa shape index (κ1) is 12.7. The lowest BCUT2D eigenvalue weighted by Crippen LogP contribution is -2.30. The summed E-state index contributed by atoms with van der Waals surface area (Å²) in [6.07, 6.45) is 3.54. The molecule has 0 aromatic heterocycles. The molecule has 2 aliphatic rings. The molecule has 3 unspecified atom stereocenters. The van der Waals surface area contributed by atoms with Gasteiger partial charge in [0.25, 0.3) is 0 Å². The Labute approximate surface area is 114 Å². The predicted molar refractivity (Wildman–Crippen MR) is 74.0 cm³/mol. The third kappa shape index (κ3) is 2.27. The topological polar surface area (TPSA) is 40.5 Å². The van der Waals surface area contributed by atoms with Gasteiger partial charge in [0.1, 0.15) is 0 Å². The molecule has 1 saturated heterocycles. The van der Waals surface area contributed by atoms with E-state index in [2.05, 4.69) is 36.1 Å². The molecule has 3 heteroatoms. The van der Waals surface area contributed by atoms with Crippen molar-refractivity contribution in [3.05, 3.63) is 35.4 Å².